The van der Waals surface area contributed by atoms with Crippen LogP contribution in [0, 0.1) is 6.92 Å². The van der Waals surface area contributed by atoms with E-state index in [0.717, 1.165) is 29.8 Å². The second-order valence-corrected chi connectivity index (χ2v) is 9.88. The van der Waals surface area contributed by atoms with Crippen molar-refractivity contribution in [3.05, 3.63) is 78.5 Å². The predicted molar refractivity (Wildman–Crippen MR) is 146 cm³/mol. The Kier molecular flexibility index (Phi) is 7.32. The molecule has 10 nitrogen and oxygen atoms in total. The van der Waals surface area contributed by atoms with Gasteiger partial charge in [-0.05, 0) is 55.7 Å². The van der Waals surface area contributed by atoms with Gasteiger partial charge >= 0.3 is 0 Å². The van der Waals surface area contributed by atoms with E-state index >= 15 is 0 Å². The van der Waals surface area contributed by atoms with Gasteiger partial charge in [-0.15, -0.1) is 0 Å². The Bertz CT molecular complexity index is 1370. The molecule has 2 unspecified atom stereocenters. The van der Waals surface area contributed by atoms with Crippen LogP contribution in [0.3, 0.4) is 0 Å². The molecule has 196 valence electrons. The van der Waals surface area contributed by atoms with Gasteiger partial charge in [-0.25, -0.2) is 15.0 Å². The van der Waals surface area contributed by atoms with Crippen molar-refractivity contribution in [1.29, 1.82) is 0 Å². The first kappa shape index (κ1) is 25.3. The lowest BCUT2D eigenvalue weighted by molar-refractivity contribution is -0.118. The molecule has 10 heteroatoms. The summed E-state index contributed by atoms with van der Waals surface area (Å²) in [5, 5.41) is 6.69. The number of hydrogen-bond donors (Lipinski definition) is 2. The van der Waals surface area contributed by atoms with E-state index in [1.54, 1.807) is 43.4 Å². The Morgan fingerprint density at radius 1 is 1.00 bits per heavy atom. The molecule has 2 amide bonds. The van der Waals surface area contributed by atoms with Crippen LogP contribution in [-0.2, 0) is 4.79 Å². The van der Waals surface area contributed by atoms with Gasteiger partial charge in [0.15, 0.2) is 0 Å². The number of benzene rings is 1. The molecule has 2 aromatic heterocycles. The van der Waals surface area contributed by atoms with E-state index in [1.807, 2.05) is 54.3 Å². The summed E-state index contributed by atoms with van der Waals surface area (Å²) in [7, 11) is 3.43. The molecule has 0 aliphatic carbocycles. The number of anilines is 3. The number of amides is 2. The normalized spacial score (nSPS) is 18.5. The summed E-state index contributed by atoms with van der Waals surface area (Å²) in [5.74, 6) is 0.813. The van der Waals surface area contributed by atoms with Crippen molar-refractivity contribution in [2.24, 2.45) is 0 Å². The van der Waals surface area contributed by atoms with Gasteiger partial charge in [0.2, 0.25) is 11.9 Å². The van der Waals surface area contributed by atoms with E-state index in [2.05, 4.69) is 25.6 Å². The molecule has 2 saturated heterocycles. The van der Waals surface area contributed by atoms with Gasteiger partial charge in [0.1, 0.15) is 17.8 Å². The first-order valence-corrected chi connectivity index (χ1v) is 12.7. The van der Waals surface area contributed by atoms with Gasteiger partial charge in [0, 0.05) is 51.0 Å². The van der Waals surface area contributed by atoms with Crippen LogP contribution in [0.25, 0.3) is 5.69 Å². The maximum absolute atomic E-state index is 13.1. The third-order valence-corrected chi connectivity index (χ3v) is 6.73. The molecule has 2 atom stereocenters. The quantitative estimate of drug-likeness (QED) is 0.539. The lowest BCUT2D eigenvalue weighted by Crippen LogP contribution is -2.37. The Balaban J connectivity index is 1.45. The van der Waals surface area contributed by atoms with Crippen LogP contribution in [-0.4, -0.2) is 69.0 Å². The van der Waals surface area contributed by atoms with Crippen LogP contribution in [0.2, 0.25) is 0 Å². The van der Waals surface area contributed by atoms with Crippen molar-refractivity contribution in [2.75, 3.05) is 30.9 Å². The van der Waals surface area contributed by atoms with Gasteiger partial charge in [-0.1, -0.05) is 18.2 Å². The largest absolute Gasteiger partial charge is 0.343 e. The number of aromatic nitrogens is 4. The van der Waals surface area contributed by atoms with Gasteiger partial charge in [-0.2, -0.15) is 0 Å². The van der Waals surface area contributed by atoms with Gasteiger partial charge in [-0.3, -0.25) is 14.2 Å². The maximum Gasteiger partial charge on any atom is 0.270 e. The number of carbonyl (C=O) groups is 2. The number of rotatable bonds is 5. The van der Waals surface area contributed by atoms with E-state index in [4.69, 9.17) is 0 Å². The van der Waals surface area contributed by atoms with Crippen molar-refractivity contribution in [3.63, 3.8) is 0 Å². The van der Waals surface area contributed by atoms with Crippen LogP contribution < -0.4 is 15.5 Å². The highest BCUT2D eigenvalue weighted by atomic mass is 16.2. The first-order chi connectivity index (χ1) is 18.4. The number of carbonyl (C=O) groups excluding carboxylic acids is 2. The van der Waals surface area contributed by atoms with E-state index in [1.165, 1.54) is 4.90 Å². The van der Waals surface area contributed by atoms with Gasteiger partial charge in [0.25, 0.3) is 5.91 Å². The molecule has 0 spiro atoms. The van der Waals surface area contributed by atoms with E-state index in [-0.39, 0.29) is 17.9 Å². The summed E-state index contributed by atoms with van der Waals surface area (Å²) < 4.78 is 1.74. The monoisotopic (exact) mass is 512 g/mol. The highest BCUT2D eigenvalue weighted by Gasteiger charge is 2.34. The number of fused-ring (bicyclic) bond motifs is 2. The second-order valence-electron chi connectivity index (χ2n) is 9.88. The molecule has 2 N–H and O–H groups in total. The predicted octanol–water partition coefficient (Wildman–Crippen LogP) is 3.40. The fourth-order valence-corrected chi connectivity index (χ4v) is 4.78. The first-order valence-electron chi connectivity index (χ1n) is 12.7. The van der Waals surface area contributed by atoms with Gasteiger partial charge < -0.3 is 20.4 Å². The minimum atomic E-state index is -0.159. The summed E-state index contributed by atoms with van der Waals surface area (Å²) in [6.07, 6.45) is 7.59. The van der Waals surface area contributed by atoms with Crippen molar-refractivity contribution in [1.82, 2.24) is 29.7 Å². The highest BCUT2D eigenvalue weighted by molar-refractivity contribution is 5.94. The molecule has 4 heterocycles. The second kappa shape index (κ2) is 11.0. The topological polar surface area (TPSA) is 108 Å². The van der Waals surface area contributed by atoms with Crippen molar-refractivity contribution < 1.29 is 9.59 Å². The summed E-state index contributed by atoms with van der Waals surface area (Å²) >= 11 is 0. The Morgan fingerprint density at radius 2 is 1.79 bits per heavy atom. The zero-order valence-electron chi connectivity index (χ0n) is 21.8. The molecule has 3 aromatic rings. The van der Waals surface area contributed by atoms with Crippen LogP contribution in [0.15, 0.2) is 67.3 Å². The molecule has 38 heavy (non-hydrogen) atoms. The highest BCUT2D eigenvalue weighted by Crippen LogP contribution is 2.26. The molecular formula is C28H32N8O2. The molecule has 0 radical (unpaired) electrons. The van der Waals surface area contributed by atoms with E-state index in [0.29, 0.717) is 36.5 Å². The molecule has 2 fully saturated rings. The fraction of sp³-hybridized carbons (Fsp3) is 0.321. The van der Waals surface area contributed by atoms with E-state index in [9.17, 15) is 9.59 Å². The van der Waals surface area contributed by atoms with E-state index < -0.39 is 0 Å². The van der Waals surface area contributed by atoms with Gasteiger partial charge in [0.05, 0.1) is 11.9 Å². The van der Waals surface area contributed by atoms with Crippen LogP contribution >= 0.6 is 0 Å². The molecule has 5 rings (SSSR count). The number of nitrogens with zero attached hydrogens (tertiary/aromatic N) is 6. The Labute approximate surface area is 222 Å². The van der Waals surface area contributed by atoms with Crippen LogP contribution in [0.4, 0.5) is 17.5 Å². The number of aryl methyl sites for hydroxylation is 1. The van der Waals surface area contributed by atoms with Crippen molar-refractivity contribution in [3.8, 4) is 5.69 Å². The van der Waals surface area contributed by atoms with Crippen LogP contribution in [0.1, 0.15) is 35.3 Å². The minimum absolute atomic E-state index is 0.120. The molecule has 1 aromatic carbocycles. The molecule has 2 bridgehead atoms. The minimum Gasteiger partial charge on any atom is -0.343 e. The zero-order valence-corrected chi connectivity index (χ0v) is 21.8. The summed E-state index contributed by atoms with van der Waals surface area (Å²) in [6, 6.07) is 15.7. The van der Waals surface area contributed by atoms with Crippen molar-refractivity contribution in [2.45, 2.75) is 38.3 Å². The number of nitrogens with one attached hydrogen (secondary N) is 2. The third-order valence-electron chi connectivity index (χ3n) is 6.73. The average Bonchev–Trinajstić information content (AvgIpc) is 3.31. The fourth-order valence-electron chi connectivity index (χ4n) is 4.78. The van der Waals surface area contributed by atoms with Crippen molar-refractivity contribution >= 4 is 29.3 Å². The molecule has 2 aliphatic heterocycles. The number of para-hydroxylation sites is 1. The smallest absolute Gasteiger partial charge is 0.270 e. The zero-order chi connectivity index (χ0) is 26.6. The standard InChI is InChI=1S/C28H32N8O2/c1-19-13-24(27(38)34(2)3)36(22-7-5-4-6-8-22)18-31-28(30-15-19)33-25-12-11-23(16-29-25)35-17-21-10-9-20(32-21)14-26(35)37/h4-8,11-13,15-16,18,20-21,32H,9-10,14,17H2,1-3H3,(H,29,30,33). The molecular weight excluding hydrogens is 480 g/mol. The summed E-state index contributed by atoms with van der Waals surface area (Å²) in [6.45, 7) is 2.53. The molecule has 2 aliphatic rings. The average molecular weight is 513 g/mol. The maximum atomic E-state index is 13.1. The summed E-state index contributed by atoms with van der Waals surface area (Å²) in [4.78, 5) is 42.7. The number of pyridine rings is 1. The lowest BCUT2D eigenvalue weighted by Gasteiger charge is -2.24. The van der Waals surface area contributed by atoms with Crippen LogP contribution in [0.5, 0.6) is 0 Å². The number of hydrogen-bond acceptors (Lipinski definition) is 7. The summed E-state index contributed by atoms with van der Waals surface area (Å²) in [5.41, 5.74) is 2.80. The Hall–Kier alpha value is -4.31. The SMILES string of the molecule is Cc1cnc(Nc2ccc(N3CC4CCC(CC3=O)N4)cn2)ncn(-c2ccccc2)c(C(=O)N(C)C)c1. The lowest BCUT2D eigenvalue weighted by atomic mass is 10.1. The third kappa shape index (κ3) is 5.65. The Morgan fingerprint density at radius 3 is 2.53 bits per heavy atom. The molecule has 0 saturated carbocycles.